The van der Waals surface area contributed by atoms with E-state index in [9.17, 15) is 4.79 Å². The second kappa shape index (κ2) is 7.44. The lowest BCUT2D eigenvalue weighted by Crippen LogP contribution is -2.38. The Kier molecular flexibility index (Phi) is 6.22. The highest BCUT2D eigenvalue weighted by molar-refractivity contribution is 8.00. The lowest BCUT2D eigenvalue weighted by atomic mass is 10.2. The third kappa shape index (κ3) is 4.35. The van der Waals surface area contributed by atoms with Crippen molar-refractivity contribution in [3.63, 3.8) is 0 Å². The molecule has 0 aromatic heterocycles. The topological polar surface area (TPSA) is 46.3 Å². The van der Waals surface area contributed by atoms with Crippen LogP contribution >= 0.6 is 11.8 Å². The molecule has 100 valence electrons. The molecule has 1 rings (SSSR count). The molecule has 3 nitrogen and oxygen atoms in total. The number of amides is 1. The highest BCUT2D eigenvalue weighted by Gasteiger charge is 2.19. The number of hydrogen-bond acceptors (Lipinski definition) is 3. The lowest BCUT2D eigenvalue weighted by Gasteiger charge is -2.27. The molecule has 0 aliphatic carbocycles. The van der Waals surface area contributed by atoms with Gasteiger partial charge in [0.1, 0.15) is 0 Å². The summed E-state index contributed by atoms with van der Waals surface area (Å²) in [5.74, 6) is 0.618. The predicted octanol–water partition coefficient (Wildman–Crippen LogP) is 2.51. The zero-order valence-electron chi connectivity index (χ0n) is 11.3. The van der Waals surface area contributed by atoms with E-state index >= 15 is 0 Å². The van der Waals surface area contributed by atoms with E-state index in [1.807, 2.05) is 56.0 Å². The lowest BCUT2D eigenvalue weighted by molar-refractivity contribution is -0.116. The summed E-state index contributed by atoms with van der Waals surface area (Å²) in [6, 6.07) is 9.96. The molecule has 1 aromatic carbocycles. The molecule has 1 aromatic rings. The molecule has 1 unspecified atom stereocenters. The average molecular weight is 266 g/mol. The van der Waals surface area contributed by atoms with Crippen molar-refractivity contribution in [2.45, 2.75) is 32.1 Å². The number of nitrogens with two attached hydrogens (primary N) is 1. The first-order valence-electron chi connectivity index (χ1n) is 6.25. The number of carbonyl (C=O) groups is 1. The standard InChI is InChI=1S/C14H22N2OS/c1-11(2)16(13-7-5-4-6-8-13)14(17)10-18-12(3)9-15/h4-8,11-12H,9-10,15H2,1-3H3. The van der Waals surface area contributed by atoms with Crippen LogP contribution in [0, 0.1) is 0 Å². The molecule has 0 heterocycles. The van der Waals surface area contributed by atoms with Gasteiger partial charge in [-0.2, -0.15) is 0 Å². The van der Waals surface area contributed by atoms with Crippen LogP contribution < -0.4 is 10.6 Å². The highest BCUT2D eigenvalue weighted by atomic mass is 32.2. The van der Waals surface area contributed by atoms with Crippen LogP contribution in [0.2, 0.25) is 0 Å². The van der Waals surface area contributed by atoms with Crippen LogP contribution in [0.3, 0.4) is 0 Å². The summed E-state index contributed by atoms with van der Waals surface area (Å²) in [5.41, 5.74) is 6.52. The molecule has 0 aliphatic rings. The summed E-state index contributed by atoms with van der Waals surface area (Å²) in [6.45, 7) is 6.70. The molecule has 4 heteroatoms. The molecule has 18 heavy (non-hydrogen) atoms. The van der Waals surface area contributed by atoms with Crippen LogP contribution in [0.25, 0.3) is 0 Å². The smallest absolute Gasteiger partial charge is 0.237 e. The first kappa shape index (κ1) is 15.1. The highest BCUT2D eigenvalue weighted by Crippen LogP contribution is 2.19. The molecule has 0 fully saturated rings. The third-order valence-corrected chi connectivity index (χ3v) is 3.82. The molecular weight excluding hydrogens is 244 g/mol. The monoisotopic (exact) mass is 266 g/mol. The quantitative estimate of drug-likeness (QED) is 0.860. The van der Waals surface area contributed by atoms with Gasteiger partial charge in [-0.15, -0.1) is 11.8 Å². The zero-order valence-corrected chi connectivity index (χ0v) is 12.1. The Balaban J connectivity index is 2.71. The van der Waals surface area contributed by atoms with Crippen molar-refractivity contribution in [2.75, 3.05) is 17.2 Å². The van der Waals surface area contributed by atoms with E-state index in [4.69, 9.17) is 5.73 Å². The van der Waals surface area contributed by atoms with Crippen molar-refractivity contribution in [3.8, 4) is 0 Å². The minimum atomic E-state index is 0.140. The van der Waals surface area contributed by atoms with E-state index in [2.05, 4.69) is 0 Å². The van der Waals surface area contributed by atoms with Gasteiger partial charge in [-0.25, -0.2) is 0 Å². The van der Waals surface area contributed by atoms with Crippen LogP contribution in [-0.2, 0) is 4.79 Å². The van der Waals surface area contributed by atoms with E-state index in [1.54, 1.807) is 11.8 Å². The third-order valence-electron chi connectivity index (χ3n) is 2.64. The SMILES string of the molecule is CC(CN)SCC(=O)N(c1ccccc1)C(C)C. The molecule has 0 spiro atoms. The molecule has 0 radical (unpaired) electrons. The fraction of sp³-hybridized carbons (Fsp3) is 0.500. The number of carbonyl (C=O) groups excluding carboxylic acids is 1. The molecule has 1 atom stereocenters. The molecule has 2 N–H and O–H groups in total. The van der Waals surface area contributed by atoms with E-state index in [0.29, 0.717) is 17.5 Å². The van der Waals surface area contributed by atoms with Crippen molar-refractivity contribution < 1.29 is 4.79 Å². The van der Waals surface area contributed by atoms with Gasteiger partial charge in [0, 0.05) is 23.5 Å². The molecule has 0 bridgehead atoms. The Bertz CT molecular complexity index is 367. The summed E-state index contributed by atoms with van der Waals surface area (Å²) in [4.78, 5) is 14.1. The summed E-state index contributed by atoms with van der Waals surface area (Å²) in [5, 5.41) is 0.318. The van der Waals surface area contributed by atoms with Crippen molar-refractivity contribution >= 4 is 23.4 Å². The van der Waals surface area contributed by atoms with Gasteiger partial charge in [-0.05, 0) is 26.0 Å². The fourth-order valence-electron chi connectivity index (χ4n) is 1.67. The molecule has 0 saturated carbocycles. The Morgan fingerprint density at radius 3 is 2.39 bits per heavy atom. The number of benzene rings is 1. The van der Waals surface area contributed by atoms with Gasteiger partial charge in [0.15, 0.2) is 0 Å². The van der Waals surface area contributed by atoms with Crippen LogP contribution in [-0.4, -0.2) is 29.5 Å². The van der Waals surface area contributed by atoms with Crippen LogP contribution in [0.1, 0.15) is 20.8 Å². The first-order chi connectivity index (χ1) is 8.56. The zero-order chi connectivity index (χ0) is 13.5. The Morgan fingerprint density at radius 1 is 1.28 bits per heavy atom. The molecule has 1 amide bonds. The average Bonchev–Trinajstić information content (AvgIpc) is 2.37. The van der Waals surface area contributed by atoms with E-state index < -0.39 is 0 Å². The van der Waals surface area contributed by atoms with Crippen molar-refractivity contribution in [1.29, 1.82) is 0 Å². The van der Waals surface area contributed by atoms with E-state index in [-0.39, 0.29) is 11.9 Å². The minimum Gasteiger partial charge on any atom is -0.329 e. The minimum absolute atomic E-state index is 0.140. The molecule has 0 aliphatic heterocycles. The largest absolute Gasteiger partial charge is 0.329 e. The number of rotatable bonds is 6. The van der Waals surface area contributed by atoms with Gasteiger partial charge in [-0.1, -0.05) is 25.1 Å². The Morgan fingerprint density at radius 2 is 1.89 bits per heavy atom. The summed E-state index contributed by atoms with van der Waals surface area (Å²) in [7, 11) is 0. The van der Waals surface area contributed by atoms with Crippen molar-refractivity contribution in [3.05, 3.63) is 30.3 Å². The van der Waals surface area contributed by atoms with Gasteiger partial charge >= 0.3 is 0 Å². The van der Waals surface area contributed by atoms with Crippen molar-refractivity contribution in [2.24, 2.45) is 5.73 Å². The van der Waals surface area contributed by atoms with Crippen LogP contribution in [0.5, 0.6) is 0 Å². The number of nitrogens with zero attached hydrogens (tertiary/aromatic N) is 1. The van der Waals surface area contributed by atoms with Gasteiger partial charge in [0.25, 0.3) is 0 Å². The van der Waals surface area contributed by atoms with E-state index in [1.165, 1.54) is 0 Å². The van der Waals surface area contributed by atoms with Gasteiger partial charge in [-0.3, -0.25) is 4.79 Å². The first-order valence-corrected chi connectivity index (χ1v) is 7.30. The van der Waals surface area contributed by atoms with Crippen molar-refractivity contribution in [1.82, 2.24) is 0 Å². The molecule has 0 saturated heterocycles. The fourth-order valence-corrected chi connectivity index (χ4v) is 2.37. The maximum absolute atomic E-state index is 12.3. The second-order valence-corrected chi connectivity index (χ2v) is 5.98. The van der Waals surface area contributed by atoms with Gasteiger partial charge in [0.2, 0.25) is 5.91 Å². The number of para-hydroxylation sites is 1. The second-order valence-electron chi connectivity index (χ2n) is 4.55. The van der Waals surface area contributed by atoms with E-state index in [0.717, 1.165) is 5.69 Å². The number of anilines is 1. The Labute approximate surface area is 114 Å². The normalized spacial score (nSPS) is 12.5. The summed E-state index contributed by atoms with van der Waals surface area (Å²) < 4.78 is 0. The maximum Gasteiger partial charge on any atom is 0.237 e. The molecular formula is C14H22N2OS. The number of hydrogen-bond donors (Lipinski definition) is 1. The Hall–Kier alpha value is -1.00. The summed E-state index contributed by atoms with van der Waals surface area (Å²) >= 11 is 1.61. The predicted molar refractivity (Wildman–Crippen MR) is 80.0 cm³/mol. The van der Waals surface area contributed by atoms with Crippen LogP contribution in [0.4, 0.5) is 5.69 Å². The number of thioether (sulfide) groups is 1. The van der Waals surface area contributed by atoms with Crippen LogP contribution in [0.15, 0.2) is 30.3 Å². The maximum atomic E-state index is 12.3. The van der Waals surface area contributed by atoms with Gasteiger partial charge < -0.3 is 10.6 Å². The summed E-state index contributed by atoms with van der Waals surface area (Å²) in [6.07, 6.45) is 0. The van der Waals surface area contributed by atoms with Gasteiger partial charge in [0.05, 0.1) is 5.75 Å².